The summed E-state index contributed by atoms with van der Waals surface area (Å²) in [5, 5.41) is 3.15. The zero-order chi connectivity index (χ0) is 15.2. The quantitative estimate of drug-likeness (QED) is 0.850. The van der Waals surface area contributed by atoms with Crippen LogP contribution in [0.15, 0.2) is 42.5 Å². The Hall–Kier alpha value is -1.74. The Morgan fingerprint density at radius 2 is 1.71 bits per heavy atom. The first-order chi connectivity index (χ1) is 10.1. The van der Waals surface area contributed by atoms with Crippen molar-refractivity contribution in [2.75, 3.05) is 13.6 Å². The van der Waals surface area contributed by atoms with Crippen LogP contribution in [-0.4, -0.2) is 13.6 Å². The van der Waals surface area contributed by atoms with Crippen LogP contribution in [0, 0.1) is 24.5 Å². The highest BCUT2D eigenvalue weighted by atomic mass is 19.1. The Bertz CT molecular complexity index is 596. The minimum Gasteiger partial charge on any atom is -0.319 e. The van der Waals surface area contributed by atoms with Crippen molar-refractivity contribution in [2.45, 2.75) is 19.8 Å². The number of nitrogens with one attached hydrogen (secondary N) is 1. The molecule has 2 aromatic carbocycles. The first-order valence-electron chi connectivity index (χ1n) is 7.23. The second-order valence-electron chi connectivity index (χ2n) is 5.49. The largest absolute Gasteiger partial charge is 0.319 e. The molecule has 2 rings (SSSR count). The second kappa shape index (κ2) is 7.32. The van der Waals surface area contributed by atoms with Gasteiger partial charge >= 0.3 is 0 Å². The van der Waals surface area contributed by atoms with Crippen molar-refractivity contribution in [3.05, 3.63) is 70.8 Å². The molecule has 0 spiro atoms. The van der Waals surface area contributed by atoms with Crippen molar-refractivity contribution < 1.29 is 8.78 Å². The lowest BCUT2D eigenvalue weighted by Gasteiger charge is -2.18. The molecule has 2 aromatic rings. The zero-order valence-corrected chi connectivity index (χ0v) is 12.5. The van der Waals surface area contributed by atoms with Gasteiger partial charge < -0.3 is 5.32 Å². The fraction of sp³-hybridized carbons (Fsp3) is 0.333. The Morgan fingerprint density at radius 3 is 2.43 bits per heavy atom. The van der Waals surface area contributed by atoms with Crippen LogP contribution in [-0.2, 0) is 12.8 Å². The van der Waals surface area contributed by atoms with Crippen LogP contribution < -0.4 is 5.32 Å². The summed E-state index contributed by atoms with van der Waals surface area (Å²) in [6.45, 7) is 2.85. The molecule has 0 radical (unpaired) electrons. The Kier molecular flexibility index (Phi) is 5.45. The lowest BCUT2D eigenvalue weighted by atomic mass is 9.90. The van der Waals surface area contributed by atoms with E-state index >= 15 is 0 Å². The molecule has 0 saturated heterocycles. The number of halogens is 2. The van der Waals surface area contributed by atoms with E-state index in [0.29, 0.717) is 12.0 Å². The molecule has 0 saturated carbocycles. The van der Waals surface area contributed by atoms with Gasteiger partial charge in [-0.15, -0.1) is 0 Å². The van der Waals surface area contributed by atoms with E-state index in [1.807, 2.05) is 19.2 Å². The van der Waals surface area contributed by atoms with Crippen LogP contribution in [0.1, 0.15) is 16.7 Å². The molecule has 1 nitrogen and oxygen atoms in total. The van der Waals surface area contributed by atoms with Gasteiger partial charge in [-0.2, -0.15) is 0 Å². The van der Waals surface area contributed by atoms with Crippen molar-refractivity contribution in [3.8, 4) is 0 Å². The maximum atomic E-state index is 13.8. The van der Waals surface area contributed by atoms with E-state index in [1.54, 1.807) is 0 Å². The topological polar surface area (TPSA) is 12.0 Å². The Balaban J connectivity index is 2.16. The number of hydrogen-bond donors (Lipinski definition) is 1. The molecule has 0 fully saturated rings. The molecule has 1 N–H and O–H groups in total. The average molecular weight is 289 g/mol. The monoisotopic (exact) mass is 289 g/mol. The highest BCUT2D eigenvalue weighted by Crippen LogP contribution is 2.19. The third-order valence-corrected chi connectivity index (χ3v) is 3.78. The minimum absolute atomic E-state index is 0.229. The highest BCUT2D eigenvalue weighted by Gasteiger charge is 2.14. The summed E-state index contributed by atoms with van der Waals surface area (Å²) in [5.41, 5.74) is 2.94. The lowest BCUT2D eigenvalue weighted by Crippen LogP contribution is -2.23. The summed E-state index contributed by atoms with van der Waals surface area (Å²) in [4.78, 5) is 0. The number of benzene rings is 2. The first kappa shape index (κ1) is 15.6. The van der Waals surface area contributed by atoms with Crippen molar-refractivity contribution in [1.29, 1.82) is 0 Å². The molecule has 0 aromatic heterocycles. The van der Waals surface area contributed by atoms with E-state index in [0.717, 1.165) is 19.0 Å². The smallest absolute Gasteiger partial charge is 0.126 e. The summed E-state index contributed by atoms with van der Waals surface area (Å²) in [6.07, 6.45) is 1.38. The molecule has 0 bridgehead atoms. The van der Waals surface area contributed by atoms with E-state index in [4.69, 9.17) is 0 Å². The van der Waals surface area contributed by atoms with Crippen molar-refractivity contribution >= 4 is 0 Å². The number of aryl methyl sites for hydroxylation is 1. The van der Waals surface area contributed by atoms with Gasteiger partial charge in [-0.25, -0.2) is 8.78 Å². The lowest BCUT2D eigenvalue weighted by molar-refractivity contribution is 0.476. The fourth-order valence-corrected chi connectivity index (χ4v) is 2.67. The normalized spacial score (nSPS) is 12.4. The molecule has 0 aliphatic heterocycles. The van der Waals surface area contributed by atoms with Gasteiger partial charge in [0.25, 0.3) is 0 Å². The van der Waals surface area contributed by atoms with E-state index in [2.05, 4.69) is 24.4 Å². The summed E-state index contributed by atoms with van der Waals surface area (Å²) in [5.74, 6) is -0.486. The highest BCUT2D eigenvalue weighted by molar-refractivity contribution is 5.27. The van der Waals surface area contributed by atoms with E-state index in [1.165, 1.54) is 23.3 Å². The van der Waals surface area contributed by atoms with Gasteiger partial charge in [-0.05, 0) is 74.2 Å². The molecule has 1 atom stereocenters. The third-order valence-electron chi connectivity index (χ3n) is 3.78. The Morgan fingerprint density at radius 1 is 1.00 bits per heavy atom. The van der Waals surface area contributed by atoms with Crippen LogP contribution >= 0.6 is 0 Å². The standard InChI is InChI=1S/C18H21F2N/c1-13-5-3-4-6-15(13)9-14(12-21-2)10-16-11-17(19)7-8-18(16)20/h3-8,11,14,21H,9-10,12H2,1-2H3. The molecular formula is C18H21F2N. The van der Waals surface area contributed by atoms with Crippen molar-refractivity contribution in [2.24, 2.45) is 5.92 Å². The van der Waals surface area contributed by atoms with Gasteiger partial charge in [-0.1, -0.05) is 24.3 Å². The van der Waals surface area contributed by atoms with Gasteiger partial charge in [0.1, 0.15) is 11.6 Å². The van der Waals surface area contributed by atoms with Gasteiger partial charge in [-0.3, -0.25) is 0 Å². The van der Waals surface area contributed by atoms with Gasteiger partial charge in [0.15, 0.2) is 0 Å². The molecule has 21 heavy (non-hydrogen) atoms. The molecule has 0 aliphatic rings. The summed E-state index contributed by atoms with van der Waals surface area (Å²) in [6, 6.07) is 11.9. The van der Waals surface area contributed by atoms with Crippen LogP contribution in [0.4, 0.5) is 8.78 Å². The van der Waals surface area contributed by atoms with Crippen LogP contribution in [0.5, 0.6) is 0 Å². The molecule has 112 valence electrons. The van der Waals surface area contributed by atoms with Crippen molar-refractivity contribution in [1.82, 2.24) is 5.32 Å². The zero-order valence-electron chi connectivity index (χ0n) is 12.5. The van der Waals surface area contributed by atoms with E-state index in [9.17, 15) is 8.78 Å². The van der Waals surface area contributed by atoms with Gasteiger partial charge in [0.2, 0.25) is 0 Å². The summed E-state index contributed by atoms with van der Waals surface area (Å²) >= 11 is 0. The summed E-state index contributed by atoms with van der Waals surface area (Å²) in [7, 11) is 1.88. The van der Waals surface area contributed by atoms with Crippen LogP contribution in [0.2, 0.25) is 0 Å². The van der Waals surface area contributed by atoms with Crippen LogP contribution in [0.25, 0.3) is 0 Å². The molecule has 3 heteroatoms. The predicted octanol–water partition coefficient (Wildman–Crippen LogP) is 3.89. The van der Waals surface area contributed by atoms with E-state index < -0.39 is 0 Å². The molecular weight excluding hydrogens is 268 g/mol. The Labute approximate surface area is 125 Å². The predicted molar refractivity (Wildman–Crippen MR) is 82.4 cm³/mol. The number of hydrogen-bond acceptors (Lipinski definition) is 1. The maximum Gasteiger partial charge on any atom is 0.126 e. The summed E-state index contributed by atoms with van der Waals surface area (Å²) < 4.78 is 27.1. The number of rotatable bonds is 6. The van der Waals surface area contributed by atoms with Crippen molar-refractivity contribution in [3.63, 3.8) is 0 Å². The molecule has 0 amide bonds. The SMILES string of the molecule is CNCC(Cc1ccccc1C)Cc1cc(F)ccc1F. The minimum atomic E-state index is -0.384. The first-order valence-corrected chi connectivity index (χ1v) is 7.23. The maximum absolute atomic E-state index is 13.8. The molecule has 0 heterocycles. The van der Waals surface area contributed by atoms with Gasteiger partial charge in [0.05, 0.1) is 0 Å². The van der Waals surface area contributed by atoms with Gasteiger partial charge in [0, 0.05) is 0 Å². The molecule has 0 aliphatic carbocycles. The third kappa shape index (κ3) is 4.36. The fourth-order valence-electron chi connectivity index (χ4n) is 2.67. The second-order valence-corrected chi connectivity index (χ2v) is 5.49. The average Bonchev–Trinajstić information content (AvgIpc) is 2.45. The van der Waals surface area contributed by atoms with E-state index in [-0.39, 0.29) is 17.6 Å². The molecule has 1 unspecified atom stereocenters. The van der Waals surface area contributed by atoms with Crippen LogP contribution in [0.3, 0.4) is 0 Å².